The Hall–Kier alpha value is -0.0400. The Labute approximate surface area is 77.7 Å². The average Bonchev–Trinajstić information content (AvgIpc) is 2.02. The highest BCUT2D eigenvalue weighted by Crippen LogP contribution is 2.18. The van der Waals surface area contributed by atoms with Gasteiger partial charge in [-0.15, -0.1) is 0 Å². The summed E-state index contributed by atoms with van der Waals surface area (Å²) in [5, 5.41) is 0. The van der Waals surface area contributed by atoms with E-state index < -0.39 is 0 Å². The number of nitrogens with two attached hydrogens (primary N) is 1. The summed E-state index contributed by atoms with van der Waals surface area (Å²) in [4.78, 5) is 0. The summed E-state index contributed by atoms with van der Waals surface area (Å²) < 4.78 is 0. The van der Waals surface area contributed by atoms with Crippen molar-refractivity contribution in [3.8, 4) is 0 Å². The molecule has 0 heterocycles. The molecule has 0 amide bonds. The first-order valence-corrected chi connectivity index (χ1v) is 5.28. The lowest BCUT2D eigenvalue weighted by Crippen LogP contribution is -2.18. The Bertz CT molecular complexity index is 99.2. The van der Waals surface area contributed by atoms with Gasteiger partial charge in [0.2, 0.25) is 0 Å². The quantitative estimate of drug-likeness (QED) is 0.653. The molecule has 0 spiro atoms. The van der Waals surface area contributed by atoms with Crippen LogP contribution >= 0.6 is 0 Å². The van der Waals surface area contributed by atoms with E-state index in [1.165, 1.54) is 19.3 Å². The van der Waals surface area contributed by atoms with E-state index >= 15 is 0 Å². The van der Waals surface area contributed by atoms with E-state index in [0.717, 1.165) is 18.4 Å². The third kappa shape index (κ3) is 5.59. The maximum Gasteiger partial charge on any atom is -0.00490 e. The molecule has 0 aromatic carbocycles. The van der Waals surface area contributed by atoms with Gasteiger partial charge in [0.1, 0.15) is 0 Å². The van der Waals surface area contributed by atoms with Crippen molar-refractivity contribution in [3.63, 3.8) is 0 Å². The third-order valence-corrected chi connectivity index (χ3v) is 2.78. The summed E-state index contributed by atoms with van der Waals surface area (Å²) >= 11 is 0. The monoisotopic (exact) mass is 171 g/mol. The molecule has 1 nitrogen and oxygen atoms in total. The first-order valence-electron chi connectivity index (χ1n) is 5.28. The Balaban J connectivity index is 3.37. The minimum Gasteiger partial charge on any atom is -0.330 e. The van der Waals surface area contributed by atoms with E-state index in [1.807, 2.05) is 0 Å². The highest BCUT2D eigenvalue weighted by atomic mass is 14.5. The van der Waals surface area contributed by atoms with Crippen LogP contribution in [0.25, 0.3) is 0 Å². The zero-order valence-corrected chi connectivity index (χ0v) is 9.14. The molecule has 0 saturated carbocycles. The van der Waals surface area contributed by atoms with E-state index in [0.29, 0.717) is 5.92 Å². The van der Waals surface area contributed by atoms with E-state index in [-0.39, 0.29) is 0 Å². The van der Waals surface area contributed by atoms with Crippen molar-refractivity contribution in [1.82, 2.24) is 0 Å². The topological polar surface area (TPSA) is 26.0 Å². The molecule has 0 aliphatic rings. The third-order valence-electron chi connectivity index (χ3n) is 2.78. The number of hydrogen-bond donors (Lipinski definition) is 1. The van der Waals surface area contributed by atoms with Crippen molar-refractivity contribution in [2.24, 2.45) is 23.5 Å². The molecular formula is C11H25N. The molecule has 1 heteroatoms. The highest BCUT2D eigenvalue weighted by Gasteiger charge is 2.09. The summed E-state index contributed by atoms with van der Waals surface area (Å²) in [5.41, 5.74) is 5.60. The summed E-state index contributed by atoms with van der Waals surface area (Å²) in [7, 11) is 0. The number of hydrogen-bond acceptors (Lipinski definition) is 1. The Morgan fingerprint density at radius 1 is 0.917 bits per heavy atom. The van der Waals surface area contributed by atoms with Crippen molar-refractivity contribution in [1.29, 1.82) is 0 Å². The van der Waals surface area contributed by atoms with E-state index in [4.69, 9.17) is 5.73 Å². The van der Waals surface area contributed by atoms with Gasteiger partial charge in [-0.3, -0.25) is 0 Å². The SMILES string of the molecule is CC(C)CCCC(C)C(C)CN. The normalized spacial score (nSPS) is 16.5. The van der Waals surface area contributed by atoms with Crippen molar-refractivity contribution >= 4 is 0 Å². The van der Waals surface area contributed by atoms with Crippen LogP contribution in [-0.2, 0) is 0 Å². The van der Waals surface area contributed by atoms with Gasteiger partial charge < -0.3 is 5.73 Å². The molecular weight excluding hydrogens is 146 g/mol. The van der Waals surface area contributed by atoms with Crippen LogP contribution in [0.3, 0.4) is 0 Å². The van der Waals surface area contributed by atoms with Crippen LogP contribution in [-0.4, -0.2) is 6.54 Å². The lowest BCUT2D eigenvalue weighted by Gasteiger charge is -2.18. The molecule has 74 valence electrons. The molecule has 0 aromatic heterocycles. The Morgan fingerprint density at radius 2 is 1.50 bits per heavy atom. The Morgan fingerprint density at radius 3 is 1.92 bits per heavy atom. The van der Waals surface area contributed by atoms with Gasteiger partial charge >= 0.3 is 0 Å². The van der Waals surface area contributed by atoms with Gasteiger partial charge in [-0.05, 0) is 24.3 Å². The molecule has 0 saturated heterocycles. The predicted octanol–water partition coefficient (Wildman–Crippen LogP) is 3.04. The van der Waals surface area contributed by atoms with Gasteiger partial charge in [0.25, 0.3) is 0 Å². The van der Waals surface area contributed by atoms with Crippen molar-refractivity contribution in [2.45, 2.75) is 47.0 Å². The van der Waals surface area contributed by atoms with Crippen molar-refractivity contribution in [2.75, 3.05) is 6.54 Å². The summed E-state index contributed by atoms with van der Waals surface area (Å²) in [6.07, 6.45) is 4.07. The molecule has 0 fully saturated rings. The van der Waals surface area contributed by atoms with Crippen LogP contribution in [0, 0.1) is 17.8 Å². The summed E-state index contributed by atoms with van der Waals surface area (Å²) in [5.74, 6) is 2.34. The van der Waals surface area contributed by atoms with Gasteiger partial charge in [-0.1, -0.05) is 47.0 Å². The maximum atomic E-state index is 5.60. The Kier molecular flexibility index (Phi) is 6.45. The van der Waals surface area contributed by atoms with Gasteiger partial charge in [-0.2, -0.15) is 0 Å². The van der Waals surface area contributed by atoms with Gasteiger partial charge in [0.15, 0.2) is 0 Å². The molecule has 0 radical (unpaired) electrons. The second-order valence-electron chi connectivity index (χ2n) is 4.52. The summed E-state index contributed by atoms with van der Waals surface area (Å²) in [6, 6.07) is 0. The fourth-order valence-electron chi connectivity index (χ4n) is 1.36. The fraction of sp³-hybridized carbons (Fsp3) is 1.00. The zero-order valence-electron chi connectivity index (χ0n) is 9.14. The van der Waals surface area contributed by atoms with Crippen LogP contribution in [0.15, 0.2) is 0 Å². The minimum absolute atomic E-state index is 0.692. The van der Waals surface area contributed by atoms with Crippen LogP contribution < -0.4 is 5.73 Å². The van der Waals surface area contributed by atoms with Crippen LogP contribution in [0.4, 0.5) is 0 Å². The van der Waals surface area contributed by atoms with Crippen molar-refractivity contribution in [3.05, 3.63) is 0 Å². The molecule has 0 bridgehead atoms. The molecule has 0 aromatic rings. The molecule has 2 N–H and O–H groups in total. The standard InChI is InChI=1S/C11H25N/c1-9(2)6-5-7-10(3)11(4)8-12/h9-11H,5-8,12H2,1-4H3. The van der Waals surface area contributed by atoms with E-state index in [1.54, 1.807) is 0 Å². The van der Waals surface area contributed by atoms with Gasteiger partial charge in [0.05, 0.1) is 0 Å². The molecule has 0 rings (SSSR count). The van der Waals surface area contributed by atoms with Crippen LogP contribution in [0.1, 0.15) is 47.0 Å². The van der Waals surface area contributed by atoms with Gasteiger partial charge in [-0.25, -0.2) is 0 Å². The molecule has 2 unspecified atom stereocenters. The van der Waals surface area contributed by atoms with E-state index in [2.05, 4.69) is 27.7 Å². The van der Waals surface area contributed by atoms with Crippen LogP contribution in [0.2, 0.25) is 0 Å². The summed E-state index contributed by atoms with van der Waals surface area (Å²) in [6.45, 7) is 9.98. The maximum absolute atomic E-state index is 5.60. The molecule has 0 aliphatic carbocycles. The molecule has 0 aliphatic heterocycles. The smallest absolute Gasteiger partial charge is 0.00490 e. The molecule has 12 heavy (non-hydrogen) atoms. The lowest BCUT2D eigenvalue weighted by atomic mass is 9.90. The fourth-order valence-corrected chi connectivity index (χ4v) is 1.36. The second kappa shape index (κ2) is 6.47. The zero-order chi connectivity index (χ0) is 9.56. The largest absolute Gasteiger partial charge is 0.330 e. The average molecular weight is 171 g/mol. The highest BCUT2D eigenvalue weighted by molar-refractivity contribution is 4.62. The number of rotatable bonds is 6. The van der Waals surface area contributed by atoms with Crippen molar-refractivity contribution < 1.29 is 0 Å². The second-order valence-corrected chi connectivity index (χ2v) is 4.52. The van der Waals surface area contributed by atoms with Crippen LogP contribution in [0.5, 0.6) is 0 Å². The first kappa shape index (κ1) is 12.0. The molecule has 2 atom stereocenters. The lowest BCUT2D eigenvalue weighted by molar-refractivity contribution is 0.350. The predicted molar refractivity (Wildman–Crippen MR) is 56.1 cm³/mol. The minimum atomic E-state index is 0.692. The van der Waals surface area contributed by atoms with Gasteiger partial charge in [0, 0.05) is 0 Å². The first-order chi connectivity index (χ1) is 5.57. The van der Waals surface area contributed by atoms with E-state index in [9.17, 15) is 0 Å².